The zero-order valence-corrected chi connectivity index (χ0v) is 7.87. The third-order valence-electron chi connectivity index (χ3n) is 1.70. The summed E-state index contributed by atoms with van der Waals surface area (Å²) in [6, 6.07) is 1.37. The number of aromatic nitrogens is 1. The second-order valence-electron chi connectivity index (χ2n) is 3.18. The van der Waals surface area contributed by atoms with Crippen molar-refractivity contribution in [1.82, 2.24) is 4.98 Å². The third-order valence-corrected chi connectivity index (χ3v) is 1.70. The first-order valence-corrected chi connectivity index (χ1v) is 4.33. The summed E-state index contributed by atoms with van der Waals surface area (Å²) in [4.78, 5) is 3.84. The Morgan fingerprint density at radius 1 is 1.50 bits per heavy atom. The van der Waals surface area contributed by atoms with Gasteiger partial charge in [0.25, 0.3) is 0 Å². The Morgan fingerprint density at radius 3 is 2.79 bits per heavy atom. The number of anilines is 2. The summed E-state index contributed by atoms with van der Waals surface area (Å²) >= 11 is 0. The first-order valence-electron chi connectivity index (χ1n) is 4.33. The topological polar surface area (TPSA) is 50.9 Å². The number of rotatable bonds is 4. The highest BCUT2D eigenvalue weighted by atomic mass is 19.3. The number of hydrogen-bond acceptors (Lipinski definition) is 3. The van der Waals surface area contributed by atoms with Gasteiger partial charge in [0.2, 0.25) is 6.43 Å². The highest BCUT2D eigenvalue weighted by Crippen LogP contribution is 2.13. The van der Waals surface area contributed by atoms with Crippen LogP contribution in [0.25, 0.3) is 0 Å². The molecule has 78 valence electrons. The minimum atomic E-state index is -2.30. The van der Waals surface area contributed by atoms with E-state index in [1.807, 2.05) is 0 Å². The van der Waals surface area contributed by atoms with Crippen LogP contribution in [-0.2, 0) is 0 Å². The van der Waals surface area contributed by atoms with E-state index in [1.165, 1.54) is 6.20 Å². The van der Waals surface area contributed by atoms with Crippen molar-refractivity contribution in [2.45, 2.75) is 25.8 Å². The summed E-state index contributed by atoms with van der Waals surface area (Å²) in [6.07, 6.45) is 0.572. The number of halogens is 2. The maximum absolute atomic E-state index is 12.0. The van der Waals surface area contributed by atoms with E-state index >= 15 is 0 Å². The molecule has 0 amide bonds. The molecular weight excluding hydrogens is 188 g/mol. The molecule has 0 spiro atoms. The molecule has 0 fully saturated rings. The van der Waals surface area contributed by atoms with Crippen LogP contribution in [0.2, 0.25) is 0 Å². The maximum atomic E-state index is 12.0. The molecule has 5 heteroatoms. The lowest BCUT2D eigenvalue weighted by Crippen LogP contribution is -2.18. The van der Waals surface area contributed by atoms with Crippen LogP contribution in [0.1, 0.15) is 13.3 Å². The van der Waals surface area contributed by atoms with E-state index in [4.69, 9.17) is 5.73 Å². The Bertz CT molecular complexity index is 291. The van der Waals surface area contributed by atoms with Gasteiger partial charge in [-0.15, -0.1) is 0 Å². The number of nitrogen functional groups attached to an aromatic ring is 1. The van der Waals surface area contributed by atoms with Gasteiger partial charge in [0.1, 0.15) is 0 Å². The van der Waals surface area contributed by atoms with Crippen molar-refractivity contribution in [3.05, 3.63) is 18.5 Å². The molecule has 0 aliphatic heterocycles. The SMILES string of the molecule is CC(CC(F)F)Nc1cncc(N)c1. The van der Waals surface area contributed by atoms with Gasteiger partial charge in [-0.3, -0.25) is 4.98 Å². The van der Waals surface area contributed by atoms with Crippen LogP contribution >= 0.6 is 0 Å². The molecule has 1 aromatic heterocycles. The lowest BCUT2D eigenvalue weighted by molar-refractivity contribution is 0.133. The number of alkyl halides is 2. The molecule has 1 rings (SSSR count). The summed E-state index contributed by atoms with van der Waals surface area (Å²) < 4.78 is 24.0. The van der Waals surface area contributed by atoms with Gasteiger partial charge in [0.15, 0.2) is 0 Å². The van der Waals surface area contributed by atoms with Crippen LogP contribution in [0.15, 0.2) is 18.5 Å². The van der Waals surface area contributed by atoms with Crippen molar-refractivity contribution in [3.8, 4) is 0 Å². The Morgan fingerprint density at radius 2 is 2.21 bits per heavy atom. The van der Waals surface area contributed by atoms with Gasteiger partial charge in [0.05, 0.1) is 17.6 Å². The quantitative estimate of drug-likeness (QED) is 0.784. The van der Waals surface area contributed by atoms with Crippen molar-refractivity contribution >= 4 is 11.4 Å². The predicted octanol–water partition coefficient (Wildman–Crippen LogP) is 2.12. The van der Waals surface area contributed by atoms with Gasteiger partial charge < -0.3 is 11.1 Å². The standard InChI is InChI=1S/C9H13F2N3/c1-6(2-9(10)11)14-8-3-7(12)4-13-5-8/h3-6,9,14H,2,12H2,1H3. The Labute approximate surface area is 81.3 Å². The Hall–Kier alpha value is -1.39. The highest BCUT2D eigenvalue weighted by molar-refractivity contribution is 5.51. The summed E-state index contributed by atoms with van der Waals surface area (Å²) in [7, 11) is 0. The van der Waals surface area contributed by atoms with Crippen LogP contribution < -0.4 is 11.1 Å². The Balaban J connectivity index is 2.51. The molecule has 1 unspecified atom stereocenters. The summed E-state index contributed by atoms with van der Waals surface area (Å²) in [6.45, 7) is 1.69. The number of hydrogen-bond donors (Lipinski definition) is 2. The van der Waals surface area contributed by atoms with Crippen molar-refractivity contribution in [2.24, 2.45) is 0 Å². The second-order valence-corrected chi connectivity index (χ2v) is 3.18. The van der Waals surface area contributed by atoms with Gasteiger partial charge in [-0.05, 0) is 13.0 Å². The molecule has 0 radical (unpaired) electrons. The molecule has 0 aliphatic carbocycles. The monoisotopic (exact) mass is 201 g/mol. The lowest BCUT2D eigenvalue weighted by atomic mass is 10.2. The van der Waals surface area contributed by atoms with E-state index in [2.05, 4.69) is 10.3 Å². The molecule has 1 atom stereocenters. The molecule has 0 saturated carbocycles. The molecule has 1 heterocycles. The third kappa shape index (κ3) is 3.55. The summed E-state index contributed by atoms with van der Waals surface area (Å²) in [5.74, 6) is 0. The summed E-state index contributed by atoms with van der Waals surface area (Å²) in [5.41, 5.74) is 6.66. The molecule has 0 aromatic carbocycles. The van der Waals surface area contributed by atoms with E-state index in [0.717, 1.165) is 0 Å². The molecule has 14 heavy (non-hydrogen) atoms. The number of nitrogens with zero attached hydrogens (tertiary/aromatic N) is 1. The number of nitrogens with one attached hydrogen (secondary N) is 1. The van der Waals surface area contributed by atoms with Crippen molar-refractivity contribution in [1.29, 1.82) is 0 Å². The van der Waals surface area contributed by atoms with Gasteiger partial charge in [-0.25, -0.2) is 8.78 Å². The zero-order chi connectivity index (χ0) is 10.6. The normalized spacial score (nSPS) is 12.9. The van der Waals surface area contributed by atoms with Crippen LogP contribution in [0.3, 0.4) is 0 Å². The smallest absolute Gasteiger partial charge is 0.240 e. The van der Waals surface area contributed by atoms with Crippen LogP contribution in [0, 0.1) is 0 Å². The molecule has 3 nitrogen and oxygen atoms in total. The fraction of sp³-hybridized carbons (Fsp3) is 0.444. The number of nitrogens with two attached hydrogens (primary N) is 1. The largest absolute Gasteiger partial charge is 0.397 e. The van der Waals surface area contributed by atoms with Gasteiger partial charge in [-0.1, -0.05) is 0 Å². The molecule has 1 aromatic rings. The molecule has 0 bridgehead atoms. The van der Waals surface area contributed by atoms with E-state index in [-0.39, 0.29) is 12.5 Å². The van der Waals surface area contributed by atoms with Gasteiger partial charge in [0, 0.05) is 18.7 Å². The van der Waals surface area contributed by atoms with Crippen molar-refractivity contribution in [2.75, 3.05) is 11.1 Å². The van der Waals surface area contributed by atoms with Gasteiger partial charge >= 0.3 is 0 Å². The van der Waals surface area contributed by atoms with Crippen molar-refractivity contribution in [3.63, 3.8) is 0 Å². The minimum Gasteiger partial charge on any atom is -0.397 e. The van der Waals surface area contributed by atoms with Crippen molar-refractivity contribution < 1.29 is 8.78 Å². The van der Waals surface area contributed by atoms with Crippen LogP contribution in [-0.4, -0.2) is 17.5 Å². The minimum absolute atomic E-state index is 0.186. The molecule has 0 saturated heterocycles. The maximum Gasteiger partial charge on any atom is 0.240 e. The highest BCUT2D eigenvalue weighted by Gasteiger charge is 2.09. The zero-order valence-electron chi connectivity index (χ0n) is 7.87. The van der Waals surface area contributed by atoms with Crippen LogP contribution in [0.4, 0.5) is 20.2 Å². The van der Waals surface area contributed by atoms with E-state index < -0.39 is 6.43 Å². The van der Waals surface area contributed by atoms with E-state index in [1.54, 1.807) is 19.2 Å². The lowest BCUT2D eigenvalue weighted by Gasteiger charge is -2.14. The number of pyridine rings is 1. The molecule has 3 N–H and O–H groups in total. The average molecular weight is 201 g/mol. The molecular formula is C9H13F2N3. The fourth-order valence-corrected chi connectivity index (χ4v) is 1.15. The Kier molecular flexibility index (Phi) is 3.62. The van der Waals surface area contributed by atoms with Crippen LogP contribution in [0.5, 0.6) is 0 Å². The molecule has 0 aliphatic rings. The first-order chi connectivity index (χ1) is 6.58. The van der Waals surface area contributed by atoms with E-state index in [9.17, 15) is 8.78 Å². The second kappa shape index (κ2) is 4.74. The average Bonchev–Trinajstić information content (AvgIpc) is 2.01. The first kappa shape index (κ1) is 10.7. The predicted molar refractivity (Wildman–Crippen MR) is 52.4 cm³/mol. The van der Waals surface area contributed by atoms with E-state index in [0.29, 0.717) is 11.4 Å². The summed E-state index contributed by atoms with van der Waals surface area (Å²) in [5, 5.41) is 2.89. The van der Waals surface area contributed by atoms with Gasteiger partial charge in [-0.2, -0.15) is 0 Å². The fourth-order valence-electron chi connectivity index (χ4n) is 1.15.